The largest absolute Gasteiger partial charge is 0.321 e. The Balaban J connectivity index is 2.23. The Morgan fingerprint density at radius 1 is 1.26 bits per heavy atom. The molecule has 114 valence electrons. The number of hydrogen-bond acceptors (Lipinski definition) is 4. The van der Waals surface area contributed by atoms with Crippen molar-refractivity contribution in [3.63, 3.8) is 0 Å². The fraction of sp³-hybridized carbons (Fsp3) is 0. The van der Waals surface area contributed by atoms with Crippen LogP contribution in [0.1, 0.15) is 5.56 Å². The highest BCUT2D eigenvalue weighted by Gasteiger charge is 2.11. The molecular weight excluding hydrogens is 318 g/mol. The first-order chi connectivity index (χ1) is 11.0. The third-order valence-corrected chi connectivity index (χ3v) is 3.11. The molecule has 0 saturated carbocycles. The number of nitro groups is 1. The van der Waals surface area contributed by atoms with Crippen molar-refractivity contribution in [2.45, 2.75) is 0 Å². The fourth-order valence-electron chi connectivity index (χ4n) is 1.78. The van der Waals surface area contributed by atoms with E-state index in [1.54, 1.807) is 36.4 Å². The van der Waals surface area contributed by atoms with Gasteiger partial charge in [0.2, 0.25) is 0 Å². The summed E-state index contributed by atoms with van der Waals surface area (Å²) in [5.74, 6) is -0.610. The number of carbonyl (C=O) groups excluding carboxylic acids is 1. The number of carbonyl (C=O) groups is 1. The normalized spacial score (nSPS) is 10.7. The second-order valence-electron chi connectivity index (χ2n) is 4.48. The summed E-state index contributed by atoms with van der Waals surface area (Å²) in [5, 5.41) is 22.9. The van der Waals surface area contributed by atoms with Crippen LogP contribution >= 0.6 is 11.6 Å². The molecule has 1 amide bonds. The summed E-state index contributed by atoms with van der Waals surface area (Å²) in [6.45, 7) is 0. The number of anilines is 1. The van der Waals surface area contributed by atoms with Crippen molar-refractivity contribution >= 4 is 35.0 Å². The van der Waals surface area contributed by atoms with Crippen LogP contribution < -0.4 is 5.32 Å². The summed E-state index contributed by atoms with van der Waals surface area (Å²) in [6, 6.07) is 13.9. The highest BCUT2D eigenvalue weighted by atomic mass is 35.5. The lowest BCUT2D eigenvalue weighted by Crippen LogP contribution is -2.13. The number of nitrogens with one attached hydrogen (secondary N) is 1. The Morgan fingerprint density at radius 3 is 2.57 bits per heavy atom. The zero-order valence-corrected chi connectivity index (χ0v) is 12.4. The fourth-order valence-corrected chi connectivity index (χ4v) is 1.90. The average Bonchev–Trinajstić information content (AvgIpc) is 2.55. The van der Waals surface area contributed by atoms with Gasteiger partial charge in [-0.15, -0.1) is 0 Å². The Labute approximate surface area is 136 Å². The van der Waals surface area contributed by atoms with Gasteiger partial charge >= 0.3 is 0 Å². The molecule has 0 aliphatic carbocycles. The molecule has 1 N–H and O–H groups in total. The molecule has 0 bridgehead atoms. The highest BCUT2D eigenvalue weighted by molar-refractivity contribution is 6.30. The van der Waals surface area contributed by atoms with Gasteiger partial charge in [-0.25, -0.2) is 0 Å². The third kappa shape index (κ3) is 4.40. The van der Waals surface area contributed by atoms with Crippen LogP contribution in [0.4, 0.5) is 11.4 Å². The smallest absolute Gasteiger partial charge is 0.270 e. The standard InChI is InChI=1S/C16H10ClN3O3/c17-13-4-6-14(7-5-13)19-16(21)12(10-18)8-11-2-1-3-15(9-11)20(22)23/h1-9H,(H,19,21)/b12-8-. The third-order valence-electron chi connectivity index (χ3n) is 2.86. The molecule has 2 aromatic carbocycles. The van der Waals surface area contributed by atoms with Crippen LogP contribution in [0, 0.1) is 21.4 Å². The van der Waals surface area contributed by atoms with Gasteiger partial charge in [0.15, 0.2) is 0 Å². The van der Waals surface area contributed by atoms with Gasteiger partial charge in [0.25, 0.3) is 11.6 Å². The number of rotatable bonds is 4. The molecule has 0 aromatic heterocycles. The monoisotopic (exact) mass is 327 g/mol. The molecule has 0 aliphatic rings. The molecule has 6 nitrogen and oxygen atoms in total. The highest BCUT2D eigenvalue weighted by Crippen LogP contribution is 2.17. The van der Waals surface area contributed by atoms with Crippen molar-refractivity contribution < 1.29 is 9.72 Å². The van der Waals surface area contributed by atoms with Crippen LogP contribution in [0.25, 0.3) is 6.08 Å². The maximum atomic E-state index is 12.1. The van der Waals surface area contributed by atoms with E-state index in [2.05, 4.69) is 5.32 Å². The van der Waals surface area contributed by atoms with Crippen molar-refractivity contribution in [1.29, 1.82) is 5.26 Å². The van der Waals surface area contributed by atoms with Gasteiger partial charge in [-0.1, -0.05) is 23.7 Å². The van der Waals surface area contributed by atoms with Crippen LogP contribution in [0.5, 0.6) is 0 Å². The van der Waals surface area contributed by atoms with Crippen LogP contribution in [-0.2, 0) is 4.79 Å². The molecule has 23 heavy (non-hydrogen) atoms. The van der Waals surface area contributed by atoms with E-state index in [4.69, 9.17) is 16.9 Å². The number of amides is 1. The van der Waals surface area contributed by atoms with E-state index in [1.807, 2.05) is 0 Å². The minimum absolute atomic E-state index is 0.117. The number of halogens is 1. The summed E-state index contributed by atoms with van der Waals surface area (Å²) in [5.41, 5.74) is 0.594. The Bertz CT molecular complexity index is 823. The van der Waals surface area contributed by atoms with E-state index < -0.39 is 10.8 Å². The topological polar surface area (TPSA) is 96.0 Å². The molecule has 0 fully saturated rings. The average molecular weight is 328 g/mol. The van der Waals surface area contributed by atoms with Gasteiger partial charge in [-0.3, -0.25) is 14.9 Å². The van der Waals surface area contributed by atoms with E-state index in [9.17, 15) is 14.9 Å². The van der Waals surface area contributed by atoms with Crippen LogP contribution in [0.3, 0.4) is 0 Å². The van der Waals surface area contributed by atoms with Crippen molar-refractivity contribution in [1.82, 2.24) is 0 Å². The minimum atomic E-state index is -0.610. The quantitative estimate of drug-likeness (QED) is 0.400. The van der Waals surface area contributed by atoms with Gasteiger partial charge in [-0.05, 0) is 35.9 Å². The molecule has 0 radical (unpaired) electrons. The van der Waals surface area contributed by atoms with E-state index in [1.165, 1.54) is 24.3 Å². The lowest BCUT2D eigenvalue weighted by Gasteiger charge is -2.04. The van der Waals surface area contributed by atoms with Crippen LogP contribution in [0.15, 0.2) is 54.1 Å². The second-order valence-corrected chi connectivity index (χ2v) is 4.92. The number of nitro benzene ring substituents is 1. The van der Waals surface area contributed by atoms with Gasteiger partial charge in [0, 0.05) is 22.8 Å². The molecule has 0 atom stereocenters. The second kappa shape index (κ2) is 7.20. The maximum Gasteiger partial charge on any atom is 0.270 e. The summed E-state index contributed by atoms with van der Waals surface area (Å²) < 4.78 is 0. The van der Waals surface area contributed by atoms with Crippen molar-refractivity contribution in [3.8, 4) is 6.07 Å². The number of hydrogen-bond donors (Lipinski definition) is 1. The van der Waals surface area contributed by atoms with E-state index in [0.29, 0.717) is 16.3 Å². The zero-order valence-electron chi connectivity index (χ0n) is 11.7. The van der Waals surface area contributed by atoms with Gasteiger partial charge in [0.05, 0.1) is 4.92 Å². The maximum absolute atomic E-state index is 12.1. The number of non-ortho nitro benzene ring substituents is 1. The van der Waals surface area contributed by atoms with Crippen molar-refractivity contribution in [2.24, 2.45) is 0 Å². The molecule has 0 unspecified atom stereocenters. The lowest BCUT2D eigenvalue weighted by molar-refractivity contribution is -0.384. The van der Waals surface area contributed by atoms with Crippen molar-refractivity contribution in [3.05, 3.63) is 74.8 Å². The van der Waals surface area contributed by atoms with Gasteiger partial charge in [0.1, 0.15) is 11.6 Å². The molecule has 0 heterocycles. The lowest BCUT2D eigenvalue weighted by atomic mass is 10.1. The molecule has 0 spiro atoms. The van der Waals surface area contributed by atoms with Gasteiger partial charge < -0.3 is 5.32 Å². The molecule has 2 rings (SSSR count). The molecule has 7 heteroatoms. The van der Waals surface area contributed by atoms with E-state index in [0.717, 1.165) is 0 Å². The van der Waals surface area contributed by atoms with Crippen LogP contribution in [-0.4, -0.2) is 10.8 Å². The molecule has 0 aliphatic heterocycles. The number of nitrogens with zero attached hydrogens (tertiary/aromatic N) is 2. The Kier molecular flexibility index (Phi) is 5.07. The molecule has 0 saturated heterocycles. The number of benzene rings is 2. The van der Waals surface area contributed by atoms with E-state index in [-0.39, 0.29) is 11.3 Å². The summed E-state index contributed by atoms with van der Waals surface area (Å²) in [7, 11) is 0. The Morgan fingerprint density at radius 2 is 1.96 bits per heavy atom. The predicted octanol–water partition coefficient (Wildman–Crippen LogP) is 3.79. The summed E-state index contributed by atoms with van der Waals surface area (Å²) in [6.07, 6.45) is 1.29. The van der Waals surface area contributed by atoms with E-state index >= 15 is 0 Å². The van der Waals surface area contributed by atoms with Crippen LogP contribution in [0.2, 0.25) is 5.02 Å². The SMILES string of the molecule is N#C/C(=C/c1cccc([N+](=O)[O-])c1)C(=O)Nc1ccc(Cl)cc1. The van der Waals surface area contributed by atoms with Gasteiger partial charge in [-0.2, -0.15) is 5.26 Å². The molecular formula is C16H10ClN3O3. The van der Waals surface area contributed by atoms with Crippen molar-refractivity contribution in [2.75, 3.05) is 5.32 Å². The first-order valence-corrected chi connectivity index (χ1v) is 6.80. The summed E-state index contributed by atoms with van der Waals surface area (Å²) >= 11 is 5.75. The molecule has 2 aromatic rings. The first-order valence-electron chi connectivity index (χ1n) is 6.43. The number of nitriles is 1. The predicted molar refractivity (Wildman–Crippen MR) is 86.8 cm³/mol. The first kappa shape index (κ1) is 16.2. The zero-order chi connectivity index (χ0) is 16.8. The Hall–Kier alpha value is -3.17. The summed E-state index contributed by atoms with van der Waals surface area (Å²) in [4.78, 5) is 22.3. The minimum Gasteiger partial charge on any atom is -0.321 e.